The number of carboxylic acids is 2. The zero-order valence-electron chi connectivity index (χ0n) is 18.0. The number of aliphatic carboxylic acids is 2. The molecule has 1 aliphatic heterocycles. The van der Waals surface area contributed by atoms with Gasteiger partial charge in [0.15, 0.2) is 0 Å². The second kappa shape index (κ2) is 13.1. The first-order valence-corrected chi connectivity index (χ1v) is 11.2. The van der Waals surface area contributed by atoms with Gasteiger partial charge in [0.05, 0.1) is 6.04 Å². The summed E-state index contributed by atoms with van der Waals surface area (Å²) >= 11 is 0. The Morgan fingerprint density at radius 2 is 1.74 bits per heavy atom. The van der Waals surface area contributed by atoms with E-state index >= 15 is 0 Å². The molecule has 1 aromatic rings. The molecule has 2 rings (SSSR count). The van der Waals surface area contributed by atoms with Crippen LogP contribution in [-0.4, -0.2) is 64.2 Å². The molecule has 0 spiro atoms. The lowest BCUT2D eigenvalue weighted by Gasteiger charge is -2.29. The summed E-state index contributed by atoms with van der Waals surface area (Å²) in [4.78, 5) is 38.0. The Kier molecular flexibility index (Phi) is 10.5. The zero-order valence-corrected chi connectivity index (χ0v) is 18.0. The Balaban J connectivity index is 2.06. The van der Waals surface area contributed by atoms with Gasteiger partial charge < -0.3 is 20.8 Å². The molecule has 0 radical (unpaired) electrons. The fourth-order valence-electron chi connectivity index (χ4n) is 4.09. The number of likely N-dealkylation sites (tertiary alicyclic amines) is 1. The molecule has 1 saturated heterocycles. The van der Waals surface area contributed by atoms with Crippen LogP contribution in [0.5, 0.6) is 0 Å². The lowest BCUT2D eigenvalue weighted by Crippen LogP contribution is -2.54. The van der Waals surface area contributed by atoms with Crippen LogP contribution in [0.25, 0.3) is 0 Å². The number of aryl methyl sites for hydroxylation is 1. The number of carbonyl (C=O) groups is 3. The van der Waals surface area contributed by atoms with Crippen molar-refractivity contribution >= 4 is 17.8 Å². The van der Waals surface area contributed by atoms with Crippen molar-refractivity contribution in [2.24, 2.45) is 5.73 Å². The molecular formula is C23H35N3O5. The summed E-state index contributed by atoms with van der Waals surface area (Å²) in [7, 11) is 0. The fourth-order valence-corrected chi connectivity index (χ4v) is 4.09. The van der Waals surface area contributed by atoms with Crippen molar-refractivity contribution in [1.29, 1.82) is 0 Å². The van der Waals surface area contributed by atoms with Gasteiger partial charge >= 0.3 is 11.9 Å². The van der Waals surface area contributed by atoms with Crippen molar-refractivity contribution in [2.75, 3.05) is 13.1 Å². The molecule has 31 heavy (non-hydrogen) atoms. The van der Waals surface area contributed by atoms with E-state index in [1.54, 1.807) is 0 Å². The highest BCUT2D eigenvalue weighted by Gasteiger charge is 2.38. The normalized spacial score (nSPS) is 18.0. The summed E-state index contributed by atoms with van der Waals surface area (Å²) in [5.41, 5.74) is 6.56. The molecule has 1 fully saturated rings. The molecule has 172 valence electrons. The van der Waals surface area contributed by atoms with E-state index in [1.165, 1.54) is 4.90 Å². The van der Waals surface area contributed by atoms with E-state index in [9.17, 15) is 24.6 Å². The van der Waals surface area contributed by atoms with E-state index in [0.717, 1.165) is 31.2 Å². The molecule has 0 aromatic heterocycles. The van der Waals surface area contributed by atoms with Gasteiger partial charge in [-0.05, 0) is 50.6 Å². The smallest absolute Gasteiger partial charge is 0.326 e. The molecule has 0 saturated carbocycles. The molecule has 1 aliphatic rings. The van der Waals surface area contributed by atoms with Gasteiger partial charge in [-0.25, -0.2) is 4.79 Å². The monoisotopic (exact) mass is 433 g/mol. The fraction of sp³-hybridized carbons (Fsp3) is 0.609. The van der Waals surface area contributed by atoms with Crippen LogP contribution in [0.4, 0.5) is 0 Å². The molecule has 1 amide bonds. The maximum atomic E-state index is 13.2. The highest BCUT2D eigenvalue weighted by molar-refractivity contribution is 5.88. The third-order valence-corrected chi connectivity index (χ3v) is 5.83. The maximum absolute atomic E-state index is 13.2. The van der Waals surface area contributed by atoms with E-state index < -0.39 is 30.1 Å². The molecule has 0 aliphatic carbocycles. The highest BCUT2D eigenvalue weighted by Crippen LogP contribution is 2.21. The predicted octanol–water partition coefficient (Wildman–Crippen LogP) is 2.02. The number of nitrogens with zero attached hydrogens (tertiary/aromatic N) is 1. The average Bonchev–Trinajstić information content (AvgIpc) is 3.25. The Morgan fingerprint density at radius 1 is 1.03 bits per heavy atom. The lowest BCUT2D eigenvalue weighted by atomic mass is 10.0. The van der Waals surface area contributed by atoms with Crippen LogP contribution in [0.1, 0.15) is 56.9 Å². The van der Waals surface area contributed by atoms with Crippen molar-refractivity contribution in [3.05, 3.63) is 35.9 Å². The first kappa shape index (κ1) is 24.8. The number of hydrogen-bond donors (Lipinski definition) is 4. The zero-order chi connectivity index (χ0) is 22.6. The van der Waals surface area contributed by atoms with Crippen molar-refractivity contribution < 1.29 is 24.6 Å². The first-order chi connectivity index (χ1) is 14.9. The number of rotatable bonds is 14. The Bertz CT molecular complexity index is 712. The lowest BCUT2D eigenvalue weighted by molar-refractivity contribution is -0.149. The molecule has 2 unspecified atom stereocenters. The van der Waals surface area contributed by atoms with E-state index in [-0.39, 0.29) is 5.91 Å². The number of amides is 1. The number of nitrogens with two attached hydrogens (primary N) is 1. The van der Waals surface area contributed by atoms with Crippen LogP contribution in [0.3, 0.4) is 0 Å². The van der Waals surface area contributed by atoms with Crippen molar-refractivity contribution in [1.82, 2.24) is 10.2 Å². The molecule has 1 aromatic carbocycles. The number of hydrogen-bond acceptors (Lipinski definition) is 5. The van der Waals surface area contributed by atoms with Crippen LogP contribution in [0, 0.1) is 0 Å². The first-order valence-electron chi connectivity index (χ1n) is 11.2. The van der Waals surface area contributed by atoms with Gasteiger partial charge in [0.25, 0.3) is 0 Å². The van der Waals surface area contributed by atoms with Crippen molar-refractivity contribution in [2.45, 2.75) is 75.9 Å². The Labute approximate surface area is 183 Å². The third kappa shape index (κ3) is 7.95. The third-order valence-electron chi connectivity index (χ3n) is 5.83. The minimum absolute atomic E-state index is 0.310. The summed E-state index contributed by atoms with van der Waals surface area (Å²) in [6.45, 7) is 1.01. The Hall–Kier alpha value is -2.45. The van der Waals surface area contributed by atoms with Crippen molar-refractivity contribution in [3.63, 3.8) is 0 Å². The van der Waals surface area contributed by atoms with Crippen LogP contribution in [-0.2, 0) is 20.8 Å². The van der Waals surface area contributed by atoms with Gasteiger partial charge in [-0.3, -0.25) is 14.9 Å². The molecule has 3 atom stereocenters. The topological polar surface area (TPSA) is 133 Å². The molecule has 5 N–H and O–H groups in total. The minimum atomic E-state index is -1.01. The summed E-state index contributed by atoms with van der Waals surface area (Å²) < 4.78 is 0. The molecule has 1 heterocycles. The standard InChI is InChI=1S/C23H35N3O5/c24-15-7-2-1-6-11-18(21(27)26-16-8-12-20(26)23(30)31)25-19(22(28)29)14-13-17-9-4-3-5-10-17/h3-5,9-10,18-20,25H,1-2,6-8,11-16,24H2,(H,28,29)(H,30,31)/t18?,19?,20-/m0/s1. The summed E-state index contributed by atoms with van der Waals surface area (Å²) in [5, 5.41) is 22.2. The Morgan fingerprint density at radius 3 is 2.39 bits per heavy atom. The minimum Gasteiger partial charge on any atom is -0.480 e. The van der Waals surface area contributed by atoms with Gasteiger partial charge in [0, 0.05) is 6.54 Å². The molecular weight excluding hydrogens is 398 g/mol. The van der Waals surface area contributed by atoms with Gasteiger partial charge in [-0.2, -0.15) is 0 Å². The van der Waals surface area contributed by atoms with Crippen LogP contribution < -0.4 is 11.1 Å². The van der Waals surface area contributed by atoms with Gasteiger partial charge in [0.1, 0.15) is 12.1 Å². The number of carboxylic acid groups (broad SMARTS) is 2. The number of nitrogens with one attached hydrogen (secondary N) is 1. The van der Waals surface area contributed by atoms with E-state index in [0.29, 0.717) is 45.2 Å². The predicted molar refractivity (Wildman–Crippen MR) is 118 cm³/mol. The molecule has 0 bridgehead atoms. The summed E-state index contributed by atoms with van der Waals surface area (Å²) in [5.74, 6) is -2.32. The number of benzene rings is 1. The van der Waals surface area contributed by atoms with E-state index in [4.69, 9.17) is 5.73 Å². The van der Waals surface area contributed by atoms with Crippen LogP contribution in [0.15, 0.2) is 30.3 Å². The SMILES string of the molecule is NCCCCCCC(NC(CCc1ccccc1)C(=O)O)C(=O)N1CCC[C@H]1C(=O)O. The average molecular weight is 434 g/mol. The summed E-state index contributed by atoms with van der Waals surface area (Å²) in [6, 6.07) is 7.18. The molecule has 8 heteroatoms. The number of carbonyl (C=O) groups excluding carboxylic acids is 1. The van der Waals surface area contributed by atoms with E-state index in [1.807, 2.05) is 30.3 Å². The number of unbranched alkanes of at least 4 members (excludes halogenated alkanes) is 3. The maximum Gasteiger partial charge on any atom is 0.326 e. The van der Waals surface area contributed by atoms with Crippen molar-refractivity contribution in [3.8, 4) is 0 Å². The second-order valence-electron chi connectivity index (χ2n) is 8.15. The van der Waals surface area contributed by atoms with Gasteiger partial charge in [0.2, 0.25) is 5.91 Å². The van der Waals surface area contributed by atoms with E-state index in [2.05, 4.69) is 5.32 Å². The van der Waals surface area contributed by atoms with Crippen LogP contribution in [0.2, 0.25) is 0 Å². The highest BCUT2D eigenvalue weighted by atomic mass is 16.4. The molecule has 8 nitrogen and oxygen atoms in total. The quantitative estimate of drug-likeness (QED) is 0.330. The second-order valence-corrected chi connectivity index (χ2v) is 8.15. The van der Waals surface area contributed by atoms with Gasteiger partial charge in [-0.1, -0.05) is 49.6 Å². The summed E-state index contributed by atoms with van der Waals surface area (Å²) in [6.07, 6.45) is 5.97. The largest absolute Gasteiger partial charge is 0.480 e. The van der Waals surface area contributed by atoms with Crippen LogP contribution >= 0.6 is 0 Å². The van der Waals surface area contributed by atoms with Gasteiger partial charge in [-0.15, -0.1) is 0 Å².